The molecule has 5 rings (SSSR count). The first-order chi connectivity index (χ1) is 4.93. The van der Waals surface area contributed by atoms with Crippen molar-refractivity contribution in [2.24, 2.45) is 0 Å². The molecule has 4 bridgehead atoms. The predicted octanol–water partition coefficient (Wildman–Crippen LogP) is 1.10. The van der Waals surface area contributed by atoms with E-state index in [0.29, 0.717) is 24.4 Å². The lowest BCUT2D eigenvalue weighted by Gasteiger charge is -2.51. The molecule has 0 spiro atoms. The monoisotopic (exact) mass is 140 g/mol. The highest BCUT2D eigenvalue weighted by Crippen LogP contribution is 2.41. The van der Waals surface area contributed by atoms with Gasteiger partial charge in [0, 0.05) is 0 Å². The van der Waals surface area contributed by atoms with Gasteiger partial charge in [-0.25, -0.2) is 0 Å². The van der Waals surface area contributed by atoms with E-state index >= 15 is 0 Å². The first-order valence-electron chi connectivity index (χ1n) is 4.24. The van der Waals surface area contributed by atoms with E-state index < -0.39 is 0 Å². The van der Waals surface area contributed by atoms with Gasteiger partial charge >= 0.3 is 0 Å². The van der Waals surface area contributed by atoms with Crippen LogP contribution in [0.1, 0.15) is 25.7 Å². The number of hydrogen-bond acceptors (Lipinski definition) is 2. The van der Waals surface area contributed by atoms with Crippen LogP contribution in [0.4, 0.5) is 0 Å². The Morgan fingerprint density at radius 3 is 1.10 bits per heavy atom. The van der Waals surface area contributed by atoms with Gasteiger partial charge in [0.05, 0.1) is 24.4 Å². The maximum Gasteiger partial charge on any atom is 0.0842 e. The van der Waals surface area contributed by atoms with E-state index in [4.69, 9.17) is 9.47 Å². The highest BCUT2D eigenvalue weighted by atomic mass is 16.6. The molecule has 0 radical (unpaired) electrons. The fourth-order valence-corrected chi connectivity index (χ4v) is 2.47. The molecule has 10 heavy (non-hydrogen) atoms. The summed E-state index contributed by atoms with van der Waals surface area (Å²) in [5, 5.41) is 0. The van der Waals surface area contributed by atoms with Crippen LogP contribution in [-0.2, 0) is 9.47 Å². The van der Waals surface area contributed by atoms with Crippen molar-refractivity contribution in [3.8, 4) is 0 Å². The summed E-state index contributed by atoms with van der Waals surface area (Å²) in [6, 6.07) is 0. The van der Waals surface area contributed by atoms with Gasteiger partial charge in [0.1, 0.15) is 0 Å². The van der Waals surface area contributed by atoms with Crippen molar-refractivity contribution < 1.29 is 9.47 Å². The molecule has 0 unspecified atom stereocenters. The second-order valence-electron chi connectivity index (χ2n) is 3.58. The van der Waals surface area contributed by atoms with Crippen LogP contribution in [0.3, 0.4) is 0 Å². The Morgan fingerprint density at radius 1 is 0.600 bits per heavy atom. The molecule has 2 nitrogen and oxygen atoms in total. The molecule has 5 aliphatic heterocycles. The lowest BCUT2D eigenvalue weighted by Crippen LogP contribution is -2.58. The summed E-state index contributed by atoms with van der Waals surface area (Å²) in [4.78, 5) is 0. The van der Waals surface area contributed by atoms with E-state index in [9.17, 15) is 0 Å². The zero-order chi connectivity index (χ0) is 6.55. The van der Waals surface area contributed by atoms with Gasteiger partial charge in [-0.15, -0.1) is 0 Å². The summed E-state index contributed by atoms with van der Waals surface area (Å²) >= 11 is 0. The van der Waals surface area contributed by atoms with Crippen LogP contribution in [0.15, 0.2) is 0 Å². The summed E-state index contributed by atoms with van der Waals surface area (Å²) in [6.07, 6.45) is 6.81. The summed E-state index contributed by atoms with van der Waals surface area (Å²) in [6.45, 7) is 0. The minimum Gasteiger partial charge on any atom is -0.370 e. The van der Waals surface area contributed by atoms with Crippen molar-refractivity contribution in [3.63, 3.8) is 0 Å². The Kier molecular flexibility index (Phi) is 0.968. The average molecular weight is 140 g/mol. The molecule has 5 fully saturated rings. The van der Waals surface area contributed by atoms with Gasteiger partial charge in [-0.05, 0) is 25.7 Å². The van der Waals surface area contributed by atoms with E-state index in [1.807, 2.05) is 0 Å². The highest BCUT2D eigenvalue weighted by molar-refractivity contribution is 4.95. The minimum absolute atomic E-state index is 0.462. The lowest BCUT2D eigenvalue weighted by molar-refractivity contribution is -0.285. The van der Waals surface area contributed by atoms with Crippen LogP contribution in [0.2, 0.25) is 0 Å². The molecule has 0 amide bonds. The summed E-state index contributed by atoms with van der Waals surface area (Å²) in [7, 11) is 0. The minimum atomic E-state index is 0.462. The van der Waals surface area contributed by atoms with Crippen LogP contribution in [0, 0.1) is 0 Å². The maximum absolute atomic E-state index is 5.76. The summed E-state index contributed by atoms with van der Waals surface area (Å²) < 4.78 is 11.5. The largest absolute Gasteiger partial charge is 0.370 e. The first kappa shape index (κ1) is 5.56. The van der Waals surface area contributed by atoms with Gasteiger partial charge in [-0.1, -0.05) is 0 Å². The molecule has 0 aliphatic carbocycles. The second kappa shape index (κ2) is 1.74. The normalized spacial score (nSPS) is 57.6. The van der Waals surface area contributed by atoms with Crippen molar-refractivity contribution in [2.45, 2.75) is 50.1 Å². The Labute approximate surface area is 60.5 Å². The SMILES string of the molecule is C1C[C@H]2O[C@@H]3CC[C@H]2O[C@@H]13. The van der Waals surface area contributed by atoms with E-state index in [-0.39, 0.29) is 0 Å². The fraction of sp³-hybridized carbons (Fsp3) is 1.00. The standard InChI is InChI=1S/C8H12O2/c1-2-6-8-4-3-7(10-6)5(1)9-8/h5-8H,1-4H2/t5-,6-,7-,8+/m1/s1. The molecule has 5 saturated heterocycles. The molecule has 0 aromatic rings. The van der Waals surface area contributed by atoms with Crippen molar-refractivity contribution in [1.82, 2.24) is 0 Å². The van der Waals surface area contributed by atoms with Crippen molar-refractivity contribution >= 4 is 0 Å². The third kappa shape index (κ3) is 0.565. The maximum atomic E-state index is 5.76. The number of ether oxygens (including phenoxy) is 2. The summed E-state index contributed by atoms with van der Waals surface area (Å²) in [5.41, 5.74) is 0. The molecular formula is C8H12O2. The number of rotatable bonds is 0. The van der Waals surface area contributed by atoms with Crippen LogP contribution in [0.5, 0.6) is 0 Å². The smallest absolute Gasteiger partial charge is 0.0842 e. The molecule has 2 heteroatoms. The van der Waals surface area contributed by atoms with Gasteiger partial charge in [-0.3, -0.25) is 0 Å². The van der Waals surface area contributed by atoms with E-state index in [1.165, 1.54) is 25.7 Å². The van der Waals surface area contributed by atoms with Crippen LogP contribution >= 0.6 is 0 Å². The van der Waals surface area contributed by atoms with Gasteiger partial charge in [0.25, 0.3) is 0 Å². The molecular weight excluding hydrogens is 128 g/mol. The Balaban J connectivity index is 1.94. The average Bonchev–Trinajstić information content (AvgIpc) is 2.05. The van der Waals surface area contributed by atoms with Crippen molar-refractivity contribution in [1.29, 1.82) is 0 Å². The highest BCUT2D eigenvalue weighted by Gasteiger charge is 2.47. The summed E-state index contributed by atoms with van der Waals surface area (Å²) in [5.74, 6) is 0. The van der Waals surface area contributed by atoms with E-state index in [1.54, 1.807) is 0 Å². The Morgan fingerprint density at radius 2 is 0.900 bits per heavy atom. The van der Waals surface area contributed by atoms with Crippen LogP contribution in [-0.4, -0.2) is 24.4 Å². The predicted molar refractivity (Wildman–Crippen MR) is 35.8 cm³/mol. The van der Waals surface area contributed by atoms with Gasteiger partial charge in [-0.2, -0.15) is 0 Å². The molecule has 56 valence electrons. The van der Waals surface area contributed by atoms with Crippen molar-refractivity contribution in [2.75, 3.05) is 0 Å². The van der Waals surface area contributed by atoms with E-state index in [2.05, 4.69) is 0 Å². The quantitative estimate of drug-likeness (QED) is 0.501. The van der Waals surface area contributed by atoms with Crippen LogP contribution < -0.4 is 0 Å². The first-order valence-corrected chi connectivity index (χ1v) is 4.24. The molecule has 5 heterocycles. The third-order valence-corrected chi connectivity index (χ3v) is 3.00. The molecule has 0 N–H and O–H groups in total. The zero-order valence-corrected chi connectivity index (χ0v) is 5.95. The van der Waals surface area contributed by atoms with Gasteiger partial charge in [0.2, 0.25) is 0 Å². The molecule has 0 aromatic heterocycles. The topological polar surface area (TPSA) is 18.5 Å². The van der Waals surface area contributed by atoms with Gasteiger partial charge in [0.15, 0.2) is 0 Å². The zero-order valence-electron chi connectivity index (χ0n) is 5.95. The third-order valence-electron chi connectivity index (χ3n) is 3.00. The second-order valence-corrected chi connectivity index (χ2v) is 3.58. The Hall–Kier alpha value is -0.0800. The van der Waals surface area contributed by atoms with Gasteiger partial charge < -0.3 is 9.47 Å². The molecule has 0 saturated carbocycles. The molecule has 4 atom stereocenters. The van der Waals surface area contributed by atoms with Crippen LogP contribution in [0.25, 0.3) is 0 Å². The molecule has 0 aromatic carbocycles. The number of fused-ring (bicyclic) bond motifs is 2. The number of hydrogen-bond donors (Lipinski definition) is 0. The fourth-order valence-electron chi connectivity index (χ4n) is 2.47. The van der Waals surface area contributed by atoms with E-state index in [0.717, 1.165) is 0 Å². The lowest BCUT2D eigenvalue weighted by atomic mass is 9.84. The van der Waals surface area contributed by atoms with Crippen molar-refractivity contribution in [3.05, 3.63) is 0 Å². The Bertz CT molecular complexity index is 123. The molecule has 5 aliphatic rings.